The molecule has 18 heavy (non-hydrogen) atoms. The molecule has 6 heteroatoms. The van der Waals surface area contributed by atoms with Crippen molar-refractivity contribution in [3.8, 4) is 0 Å². The zero-order chi connectivity index (χ0) is 13.0. The van der Waals surface area contributed by atoms with Gasteiger partial charge in [0.05, 0.1) is 13.2 Å². The molecule has 1 aromatic carbocycles. The van der Waals surface area contributed by atoms with Crippen molar-refractivity contribution in [1.82, 2.24) is 4.90 Å². The van der Waals surface area contributed by atoms with Crippen LogP contribution in [0, 0.1) is 10.1 Å². The number of hydrogen-bond acceptors (Lipinski definition) is 4. The Balaban J connectivity index is 2.25. The van der Waals surface area contributed by atoms with Crippen molar-refractivity contribution >= 4 is 15.9 Å². The maximum Gasteiger partial charge on any atom is 0.285 e. The lowest BCUT2D eigenvalue weighted by Gasteiger charge is -2.34. The maximum atomic E-state index is 11.1. The second-order valence-corrected chi connectivity index (χ2v) is 5.10. The highest BCUT2D eigenvalue weighted by atomic mass is 79.9. The van der Waals surface area contributed by atoms with E-state index in [1.807, 2.05) is 30.3 Å². The predicted molar refractivity (Wildman–Crippen MR) is 71.3 cm³/mol. The lowest BCUT2D eigenvalue weighted by atomic mass is 10.0. The molecule has 0 N–H and O–H groups in total. The van der Waals surface area contributed by atoms with Crippen molar-refractivity contribution in [3.05, 3.63) is 46.0 Å². The van der Waals surface area contributed by atoms with Crippen molar-refractivity contribution in [3.63, 3.8) is 0 Å². The van der Waals surface area contributed by atoms with E-state index in [2.05, 4.69) is 20.8 Å². The minimum absolute atomic E-state index is 0.259. The number of rotatable bonds is 4. The fourth-order valence-corrected chi connectivity index (χ4v) is 2.80. The Morgan fingerprint density at radius 1 is 1.28 bits per heavy atom. The molecule has 1 saturated heterocycles. The van der Waals surface area contributed by atoms with Crippen LogP contribution in [-0.2, 0) is 4.74 Å². The summed E-state index contributed by atoms with van der Waals surface area (Å²) < 4.78 is 5.30. The van der Waals surface area contributed by atoms with Crippen LogP contribution in [0.25, 0.3) is 0 Å². The zero-order valence-corrected chi connectivity index (χ0v) is 11.5. The van der Waals surface area contributed by atoms with Gasteiger partial charge >= 0.3 is 0 Å². The van der Waals surface area contributed by atoms with Crippen LogP contribution in [0.2, 0.25) is 0 Å². The Bertz CT molecular complexity index is 396. The van der Waals surface area contributed by atoms with E-state index in [1.165, 1.54) is 0 Å². The molecule has 0 bridgehead atoms. The number of nitrogens with zero attached hydrogens (tertiary/aromatic N) is 2. The third-order valence-corrected chi connectivity index (χ3v) is 3.88. The molecule has 0 spiro atoms. The van der Waals surface area contributed by atoms with E-state index in [0.29, 0.717) is 13.2 Å². The van der Waals surface area contributed by atoms with Crippen molar-refractivity contribution in [1.29, 1.82) is 0 Å². The van der Waals surface area contributed by atoms with Crippen molar-refractivity contribution in [2.24, 2.45) is 0 Å². The number of morpholine rings is 1. The molecule has 0 aliphatic carbocycles. The summed E-state index contributed by atoms with van der Waals surface area (Å²) in [4.78, 5) is 12.1. The van der Waals surface area contributed by atoms with Gasteiger partial charge in [-0.15, -0.1) is 0 Å². The Morgan fingerprint density at radius 3 is 2.44 bits per heavy atom. The van der Waals surface area contributed by atoms with E-state index < -0.39 is 4.95 Å². The standard InChI is InChI=1S/C12H15BrN2O3/c13-12(15(16)17)11(10-4-2-1-3-5-10)14-6-8-18-9-7-14/h1-5,11-12H,6-9H2/t11-,12+/m0/s1. The van der Waals surface area contributed by atoms with Gasteiger partial charge in [-0.2, -0.15) is 0 Å². The van der Waals surface area contributed by atoms with Gasteiger partial charge in [0, 0.05) is 18.0 Å². The summed E-state index contributed by atoms with van der Waals surface area (Å²) in [6.45, 7) is 2.69. The molecule has 1 aliphatic rings. The van der Waals surface area contributed by atoms with Gasteiger partial charge in [0.1, 0.15) is 6.04 Å². The molecular formula is C12H15BrN2O3. The summed E-state index contributed by atoms with van der Waals surface area (Å²) in [5, 5.41) is 11.1. The molecule has 2 rings (SSSR count). The number of nitro groups is 1. The van der Waals surface area contributed by atoms with E-state index in [4.69, 9.17) is 4.74 Å². The van der Waals surface area contributed by atoms with Gasteiger partial charge in [0.15, 0.2) is 0 Å². The number of ether oxygens (including phenoxy) is 1. The fourth-order valence-electron chi connectivity index (χ4n) is 2.16. The van der Waals surface area contributed by atoms with Crippen LogP contribution < -0.4 is 0 Å². The summed E-state index contributed by atoms with van der Waals surface area (Å²) in [6, 6.07) is 9.32. The molecule has 1 heterocycles. The van der Waals surface area contributed by atoms with Crippen molar-refractivity contribution in [2.45, 2.75) is 11.0 Å². The third-order valence-electron chi connectivity index (χ3n) is 3.04. The second-order valence-electron chi connectivity index (χ2n) is 4.16. The molecule has 0 unspecified atom stereocenters. The molecule has 5 nitrogen and oxygen atoms in total. The first kappa shape index (κ1) is 13.5. The first-order valence-electron chi connectivity index (χ1n) is 5.84. The second kappa shape index (κ2) is 6.26. The number of alkyl halides is 1. The summed E-state index contributed by atoms with van der Waals surface area (Å²) in [6.07, 6.45) is 0. The topological polar surface area (TPSA) is 55.6 Å². The SMILES string of the molecule is O=[N+]([O-])[C@@H](Br)[C@H](c1ccccc1)N1CCOCC1. The third kappa shape index (κ3) is 3.07. The van der Waals surface area contributed by atoms with E-state index in [-0.39, 0.29) is 11.0 Å². The van der Waals surface area contributed by atoms with Gasteiger partial charge in [0.25, 0.3) is 4.95 Å². The minimum atomic E-state index is -0.807. The van der Waals surface area contributed by atoms with Crippen molar-refractivity contribution in [2.75, 3.05) is 26.3 Å². The van der Waals surface area contributed by atoms with Gasteiger partial charge in [-0.1, -0.05) is 30.3 Å². The zero-order valence-electron chi connectivity index (χ0n) is 9.87. The first-order chi connectivity index (χ1) is 8.70. The number of halogens is 1. The van der Waals surface area contributed by atoms with Crippen LogP contribution in [0.4, 0.5) is 0 Å². The fraction of sp³-hybridized carbons (Fsp3) is 0.500. The van der Waals surface area contributed by atoms with Crippen LogP contribution in [-0.4, -0.2) is 41.1 Å². The summed E-state index contributed by atoms with van der Waals surface area (Å²) in [7, 11) is 0. The highest BCUT2D eigenvalue weighted by Crippen LogP contribution is 2.29. The monoisotopic (exact) mass is 314 g/mol. The van der Waals surface area contributed by atoms with Crippen LogP contribution in [0.5, 0.6) is 0 Å². The molecular weight excluding hydrogens is 300 g/mol. The smallest absolute Gasteiger partial charge is 0.285 e. The van der Waals surface area contributed by atoms with Gasteiger partial charge < -0.3 is 4.74 Å². The maximum absolute atomic E-state index is 11.1. The molecule has 0 aromatic heterocycles. The molecule has 0 saturated carbocycles. The summed E-state index contributed by atoms with van der Waals surface area (Å²) in [5.74, 6) is 0. The average Bonchev–Trinajstić information content (AvgIpc) is 2.41. The van der Waals surface area contributed by atoms with Gasteiger partial charge in [0.2, 0.25) is 0 Å². The molecule has 0 radical (unpaired) electrons. The van der Waals surface area contributed by atoms with E-state index in [0.717, 1.165) is 18.7 Å². The van der Waals surface area contributed by atoms with Crippen LogP contribution in [0.3, 0.4) is 0 Å². The van der Waals surface area contributed by atoms with E-state index in [9.17, 15) is 10.1 Å². The Morgan fingerprint density at radius 2 is 1.89 bits per heavy atom. The Labute approximate surface area is 114 Å². The van der Waals surface area contributed by atoms with Crippen LogP contribution >= 0.6 is 15.9 Å². The Kier molecular flexibility index (Phi) is 4.68. The van der Waals surface area contributed by atoms with E-state index >= 15 is 0 Å². The molecule has 1 fully saturated rings. The minimum Gasteiger partial charge on any atom is -0.379 e. The molecule has 1 aromatic rings. The van der Waals surface area contributed by atoms with Crippen LogP contribution in [0.1, 0.15) is 11.6 Å². The van der Waals surface area contributed by atoms with Gasteiger partial charge in [-0.25, -0.2) is 0 Å². The van der Waals surface area contributed by atoms with Crippen molar-refractivity contribution < 1.29 is 9.66 Å². The average molecular weight is 315 g/mol. The predicted octanol–water partition coefficient (Wildman–Crippen LogP) is 2.06. The molecule has 98 valence electrons. The molecule has 2 atom stereocenters. The number of hydrogen-bond donors (Lipinski definition) is 0. The quantitative estimate of drug-likeness (QED) is 0.369. The first-order valence-corrected chi connectivity index (χ1v) is 6.76. The van der Waals surface area contributed by atoms with Crippen LogP contribution in [0.15, 0.2) is 30.3 Å². The van der Waals surface area contributed by atoms with Gasteiger partial charge in [-0.3, -0.25) is 15.0 Å². The highest BCUT2D eigenvalue weighted by molar-refractivity contribution is 9.09. The highest BCUT2D eigenvalue weighted by Gasteiger charge is 2.35. The number of benzene rings is 1. The lowest BCUT2D eigenvalue weighted by Crippen LogP contribution is -2.44. The largest absolute Gasteiger partial charge is 0.379 e. The van der Waals surface area contributed by atoms with E-state index in [1.54, 1.807) is 0 Å². The molecule has 1 aliphatic heterocycles. The normalized spacial score (nSPS) is 20.3. The lowest BCUT2D eigenvalue weighted by molar-refractivity contribution is -0.501. The summed E-state index contributed by atoms with van der Waals surface area (Å²) in [5.41, 5.74) is 0.956. The Hall–Kier alpha value is -0.980. The summed E-state index contributed by atoms with van der Waals surface area (Å²) >= 11 is 3.20. The molecule has 0 amide bonds. The van der Waals surface area contributed by atoms with Gasteiger partial charge in [-0.05, 0) is 21.5 Å².